The van der Waals surface area contributed by atoms with Crippen molar-refractivity contribution in [1.82, 2.24) is 4.98 Å². The molecule has 0 amide bonds. The lowest BCUT2D eigenvalue weighted by Crippen LogP contribution is -2.08. The molecule has 14 heavy (non-hydrogen) atoms. The third-order valence-corrected chi connectivity index (χ3v) is 3.13. The van der Waals surface area contributed by atoms with E-state index in [-0.39, 0.29) is 17.1 Å². The average molecular weight is 189 g/mol. The Balaban J connectivity index is 2.25. The van der Waals surface area contributed by atoms with Crippen molar-refractivity contribution < 1.29 is 4.79 Å². The first-order valence-electron chi connectivity index (χ1n) is 4.97. The molecule has 1 aromatic heterocycles. The minimum absolute atomic E-state index is 0.208. The van der Waals surface area contributed by atoms with Crippen LogP contribution in [-0.2, 0) is 0 Å². The van der Waals surface area contributed by atoms with Crippen molar-refractivity contribution in [1.29, 1.82) is 0 Å². The number of hydrogen-bond acceptors (Lipinski definition) is 2. The van der Waals surface area contributed by atoms with Gasteiger partial charge in [-0.15, -0.1) is 0 Å². The fourth-order valence-corrected chi connectivity index (χ4v) is 1.82. The number of pyridine rings is 1. The van der Waals surface area contributed by atoms with E-state index in [1.54, 1.807) is 12.4 Å². The van der Waals surface area contributed by atoms with Crippen molar-refractivity contribution in [2.24, 2.45) is 11.3 Å². The molecule has 0 aromatic carbocycles. The first-order valence-corrected chi connectivity index (χ1v) is 4.97. The van der Waals surface area contributed by atoms with Crippen LogP contribution < -0.4 is 0 Å². The van der Waals surface area contributed by atoms with Crippen LogP contribution in [0.25, 0.3) is 0 Å². The zero-order chi connectivity index (χ0) is 10.3. The summed E-state index contributed by atoms with van der Waals surface area (Å²) < 4.78 is 0. The summed E-state index contributed by atoms with van der Waals surface area (Å²) >= 11 is 0. The standard InChI is InChI=1S/C12H15NO/c1-8-4-5-13-7-9(8)11(14)10-6-12(10,2)3/h4-5,7,10H,6H2,1-3H3. The van der Waals surface area contributed by atoms with Crippen molar-refractivity contribution in [2.45, 2.75) is 27.2 Å². The molecule has 0 saturated heterocycles. The minimum atomic E-state index is 0.208. The highest BCUT2D eigenvalue weighted by molar-refractivity contribution is 6.01. The zero-order valence-electron chi connectivity index (χ0n) is 8.87. The quantitative estimate of drug-likeness (QED) is 0.669. The zero-order valence-corrected chi connectivity index (χ0v) is 8.87. The monoisotopic (exact) mass is 189 g/mol. The summed E-state index contributed by atoms with van der Waals surface area (Å²) in [6, 6.07) is 1.89. The van der Waals surface area contributed by atoms with Gasteiger partial charge in [-0.2, -0.15) is 0 Å². The van der Waals surface area contributed by atoms with Crippen LogP contribution in [0.3, 0.4) is 0 Å². The summed E-state index contributed by atoms with van der Waals surface area (Å²) in [7, 11) is 0. The van der Waals surface area contributed by atoms with Crippen LogP contribution in [0.5, 0.6) is 0 Å². The van der Waals surface area contributed by atoms with E-state index in [2.05, 4.69) is 18.8 Å². The van der Waals surface area contributed by atoms with Gasteiger partial charge in [-0.1, -0.05) is 13.8 Å². The molecule has 1 aliphatic rings. The molecule has 2 nitrogen and oxygen atoms in total. The Morgan fingerprint density at radius 3 is 2.71 bits per heavy atom. The first kappa shape index (κ1) is 9.38. The number of aromatic nitrogens is 1. The third-order valence-electron chi connectivity index (χ3n) is 3.13. The van der Waals surface area contributed by atoms with Crippen LogP contribution in [0, 0.1) is 18.3 Å². The maximum absolute atomic E-state index is 12.0. The summed E-state index contributed by atoms with van der Waals surface area (Å²) in [5, 5.41) is 0. The fraction of sp³-hybridized carbons (Fsp3) is 0.500. The van der Waals surface area contributed by atoms with E-state index in [0.717, 1.165) is 17.5 Å². The predicted octanol–water partition coefficient (Wildman–Crippen LogP) is 2.62. The van der Waals surface area contributed by atoms with Gasteiger partial charge in [0.15, 0.2) is 5.78 Å². The first-order chi connectivity index (χ1) is 6.52. The summed E-state index contributed by atoms with van der Waals surface area (Å²) in [5.41, 5.74) is 2.04. The molecule has 1 unspecified atom stereocenters. The number of Topliss-reactive ketones (excluding diaryl/α,β-unsaturated/α-hetero) is 1. The van der Waals surface area contributed by atoms with Crippen molar-refractivity contribution in [3.05, 3.63) is 29.6 Å². The van der Waals surface area contributed by atoms with Gasteiger partial charge in [0.05, 0.1) is 0 Å². The van der Waals surface area contributed by atoms with Crippen LogP contribution in [0.1, 0.15) is 36.2 Å². The number of aryl methyl sites for hydroxylation is 1. The van der Waals surface area contributed by atoms with Gasteiger partial charge in [0.25, 0.3) is 0 Å². The van der Waals surface area contributed by atoms with Gasteiger partial charge in [0.1, 0.15) is 0 Å². The van der Waals surface area contributed by atoms with Gasteiger partial charge in [0, 0.05) is 23.9 Å². The lowest BCUT2D eigenvalue weighted by Gasteiger charge is -2.04. The molecule has 1 aromatic rings. The van der Waals surface area contributed by atoms with Gasteiger partial charge in [-0.05, 0) is 30.4 Å². The van der Waals surface area contributed by atoms with Crippen molar-refractivity contribution >= 4 is 5.78 Å². The molecule has 0 aliphatic heterocycles. The van der Waals surface area contributed by atoms with Gasteiger partial charge in [0.2, 0.25) is 0 Å². The summed E-state index contributed by atoms with van der Waals surface area (Å²) in [4.78, 5) is 16.0. The van der Waals surface area contributed by atoms with Crippen LogP contribution in [0.2, 0.25) is 0 Å². The van der Waals surface area contributed by atoms with Gasteiger partial charge in [-0.25, -0.2) is 0 Å². The van der Waals surface area contributed by atoms with E-state index in [1.165, 1.54) is 0 Å². The van der Waals surface area contributed by atoms with Crippen molar-refractivity contribution in [3.8, 4) is 0 Å². The van der Waals surface area contributed by atoms with Gasteiger partial charge in [-0.3, -0.25) is 9.78 Å². The molecule has 1 heterocycles. The Kier molecular flexibility index (Phi) is 1.95. The molecule has 1 fully saturated rings. The van der Waals surface area contributed by atoms with E-state index < -0.39 is 0 Å². The summed E-state index contributed by atoms with van der Waals surface area (Å²) in [5.74, 6) is 0.478. The topological polar surface area (TPSA) is 30.0 Å². The highest BCUT2D eigenvalue weighted by Gasteiger charge is 2.50. The molecule has 2 heteroatoms. The van der Waals surface area contributed by atoms with Gasteiger partial charge < -0.3 is 0 Å². The maximum Gasteiger partial charge on any atom is 0.168 e. The van der Waals surface area contributed by atoms with Crippen LogP contribution >= 0.6 is 0 Å². The highest BCUT2D eigenvalue weighted by atomic mass is 16.1. The molecule has 0 N–H and O–H groups in total. The molecular formula is C12H15NO. The molecule has 1 saturated carbocycles. The predicted molar refractivity (Wildman–Crippen MR) is 55.2 cm³/mol. The second-order valence-electron chi connectivity index (χ2n) is 4.80. The smallest absolute Gasteiger partial charge is 0.168 e. The van der Waals surface area contributed by atoms with E-state index in [9.17, 15) is 4.79 Å². The number of carbonyl (C=O) groups excluding carboxylic acids is 1. The summed E-state index contributed by atoms with van der Waals surface area (Å²) in [6.07, 6.45) is 4.43. The van der Waals surface area contributed by atoms with E-state index >= 15 is 0 Å². The Hall–Kier alpha value is -1.18. The number of nitrogens with zero attached hydrogens (tertiary/aromatic N) is 1. The van der Waals surface area contributed by atoms with E-state index in [1.807, 2.05) is 13.0 Å². The molecular weight excluding hydrogens is 174 g/mol. The minimum Gasteiger partial charge on any atom is -0.294 e. The van der Waals surface area contributed by atoms with Crippen molar-refractivity contribution in [2.75, 3.05) is 0 Å². The van der Waals surface area contributed by atoms with Crippen LogP contribution in [0.15, 0.2) is 18.5 Å². The Labute approximate surface area is 84.4 Å². The largest absolute Gasteiger partial charge is 0.294 e. The molecule has 0 spiro atoms. The lowest BCUT2D eigenvalue weighted by molar-refractivity contribution is 0.0952. The Morgan fingerprint density at radius 1 is 1.57 bits per heavy atom. The number of rotatable bonds is 2. The van der Waals surface area contributed by atoms with Crippen LogP contribution in [-0.4, -0.2) is 10.8 Å². The fourth-order valence-electron chi connectivity index (χ4n) is 1.82. The Bertz CT molecular complexity index is 382. The number of carbonyl (C=O) groups is 1. The third kappa shape index (κ3) is 1.45. The number of hydrogen-bond donors (Lipinski definition) is 0. The molecule has 1 atom stereocenters. The highest BCUT2D eigenvalue weighted by Crippen LogP contribution is 2.53. The SMILES string of the molecule is Cc1ccncc1C(=O)C1CC1(C)C. The Morgan fingerprint density at radius 2 is 2.21 bits per heavy atom. The second kappa shape index (κ2) is 2.91. The second-order valence-corrected chi connectivity index (χ2v) is 4.80. The van der Waals surface area contributed by atoms with Gasteiger partial charge >= 0.3 is 0 Å². The molecule has 0 radical (unpaired) electrons. The number of ketones is 1. The van der Waals surface area contributed by atoms with Crippen molar-refractivity contribution in [3.63, 3.8) is 0 Å². The average Bonchev–Trinajstić information content (AvgIpc) is 2.75. The molecule has 1 aliphatic carbocycles. The summed E-state index contributed by atoms with van der Waals surface area (Å²) in [6.45, 7) is 6.24. The maximum atomic E-state index is 12.0. The van der Waals surface area contributed by atoms with E-state index in [0.29, 0.717) is 0 Å². The normalized spacial score (nSPS) is 23.2. The molecule has 2 rings (SSSR count). The van der Waals surface area contributed by atoms with E-state index in [4.69, 9.17) is 0 Å². The van der Waals surface area contributed by atoms with Crippen LogP contribution in [0.4, 0.5) is 0 Å². The lowest BCUT2D eigenvalue weighted by atomic mass is 10.00. The molecule has 0 bridgehead atoms. The molecule has 74 valence electrons.